The molecule has 1 heterocycles. The average molecular weight is 332 g/mol. The molecule has 9 heteroatoms. The molecular weight excluding hydrogens is 324 g/mol. The van der Waals surface area contributed by atoms with Gasteiger partial charge < -0.3 is 10.1 Å². The number of aromatic nitrogens is 1. The third kappa shape index (κ3) is 4.07. The zero-order valence-electron chi connectivity index (χ0n) is 12.5. The van der Waals surface area contributed by atoms with Crippen LogP contribution in [0, 0.1) is 44.1 Å². The number of nitrogens with one attached hydrogen (secondary N) is 1. The molecule has 1 N–H and O–H groups in total. The van der Waals surface area contributed by atoms with E-state index >= 15 is 0 Å². The molecular formula is C16H8N6O3. The van der Waals surface area contributed by atoms with E-state index in [1.807, 2.05) is 0 Å². The normalized spacial score (nSPS) is 9.00. The van der Waals surface area contributed by atoms with Crippen LogP contribution >= 0.6 is 0 Å². The summed E-state index contributed by atoms with van der Waals surface area (Å²) in [7, 11) is 0. The van der Waals surface area contributed by atoms with Crippen molar-refractivity contribution < 1.29 is 9.66 Å². The van der Waals surface area contributed by atoms with Crippen LogP contribution in [0.25, 0.3) is 0 Å². The van der Waals surface area contributed by atoms with E-state index in [4.69, 9.17) is 20.5 Å². The molecule has 9 nitrogen and oxygen atoms in total. The van der Waals surface area contributed by atoms with Crippen molar-refractivity contribution in [3.63, 3.8) is 0 Å². The van der Waals surface area contributed by atoms with Crippen molar-refractivity contribution in [2.24, 2.45) is 0 Å². The predicted octanol–water partition coefficient (Wildman–Crippen LogP) is 3.02. The smallest absolute Gasteiger partial charge is 0.331 e. The fraction of sp³-hybridized carbons (Fsp3) is 0. The van der Waals surface area contributed by atoms with Crippen molar-refractivity contribution in [2.45, 2.75) is 0 Å². The van der Waals surface area contributed by atoms with Crippen molar-refractivity contribution in [3.8, 4) is 29.8 Å². The van der Waals surface area contributed by atoms with Gasteiger partial charge in [0.2, 0.25) is 0 Å². The maximum atomic E-state index is 10.9. The molecule has 0 aliphatic heterocycles. The molecule has 25 heavy (non-hydrogen) atoms. The molecule has 0 unspecified atom stereocenters. The molecule has 0 aliphatic carbocycles. The van der Waals surface area contributed by atoms with Crippen molar-refractivity contribution in [1.82, 2.24) is 4.98 Å². The monoisotopic (exact) mass is 332 g/mol. The Morgan fingerprint density at radius 1 is 1.12 bits per heavy atom. The highest BCUT2D eigenvalue weighted by molar-refractivity contribution is 5.59. The second kappa shape index (κ2) is 7.73. The number of rotatable bonds is 5. The number of hydrogen-bond donors (Lipinski definition) is 1. The van der Waals surface area contributed by atoms with E-state index in [9.17, 15) is 10.1 Å². The first-order valence-electron chi connectivity index (χ1n) is 6.68. The highest BCUT2D eigenvalue weighted by atomic mass is 16.6. The van der Waals surface area contributed by atoms with Crippen molar-refractivity contribution in [3.05, 3.63) is 64.0 Å². The first-order chi connectivity index (χ1) is 12.1. The quantitative estimate of drug-likeness (QED) is 0.498. The SMILES string of the molecule is N#CC(C#N)=C(C#N)Nc1ccc(Oc2ncccc2[N+](=O)[O-])cc1. The van der Waals surface area contributed by atoms with E-state index in [-0.39, 0.29) is 28.6 Å². The maximum Gasteiger partial charge on any atom is 0.331 e. The highest BCUT2D eigenvalue weighted by Crippen LogP contribution is 2.29. The number of nitro groups is 1. The van der Waals surface area contributed by atoms with Crippen LogP contribution in [0.5, 0.6) is 11.6 Å². The molecule has 120 valence electrons. The Morgan fingerprint density at radius 3 is 2.36 bits per heavy atom. The van der Waals surface area contributed by atoms with Crippen LogP contribution in [-0.4, -0.2) is 9.91 Å². The van der Waals surface area contributed by atoms with E-state index in [0.29, 0.717) is 5.69 Å². The molecule has 0 saturated heterocycles. The average Bonchev–Trinajstić information content (AvgIpc) is 2.63. The number of benzene rings is 1. The first-order valence-corrected chi connectivity index (χ1v) is 6.68. The molecule has 0 spiro atoms. The van der Waals surface area contributed by atoms with Gasteiger partial charge in [-0.3, -0.25) is 10.1 Å². The van der Waals surface area contributed by atoms with Gasteiger partial charge in [-0.05, 0) is 30.3 Å². The lowest BCUT2D eigenvalue weighted by atomic mass is 10.2. The van der Waals surface area contributed by atoms with Crippen LogP contribution in [0.2, 0.25) is 0 Å². The van der Waals surface area contributed by atoms with Crippen molar-refractivity contribution in [1.29, 1.82) is 15.8 Å². The summed E-state index contributed by atoms with van der Waals surface area (Å²) in [5, 5.41) is 40.1. The molecule has 0 saturated carbocycles. The minimum atomic E-state index is -0.604. The first kappa shape index (κ1) is 16.9. The fourth-order valence-corrected chi connectivity index (χ4v) is 1.75. The molecule has 0 bridgehead atoms. The number of hydrogen-bond acceptors (Lipinski definition) is 8. The molecule has 0 fully saturated rings. The second-order valence-corrected chi connectivity index (χ2v) is 4.42. The van der Waals surface area contributed by atoms with Gasteiger partial charge in [-0.25, -0.2) is 4.98 Å². The second-order valence-electron chi connectivity index (χ2n) is 4.42. The Hall–Kier alpha value is -4.42. The lowest BCUT2D eigenvalue weighted by Gasteiger charge is -2.07. The summed E-state index contributed by atoms with van der Waals surface area (Å²) in [5.74, 6) is 0.137. The number of nitrogens with zero attached hydrogens (tertiary/aromatic N) is 5. The van der Waals surface area contributed by atoms with Gasteiger partial charge in [-0.2, -0.15) is 15.8 Å². The van der Waals surface area contributed by atoms with Crippen LogP contribution in [-0.2, 0) is 0 Å². The van der Waals surface area contributed by atoms with Crippen molar-refractivity contribution in [2.75, 3.05) is 5.32 Å². The summed E-state index contributed by atoms with van der Waals surface area (Å²) in [4.78, 5) is 14.1. The Labute approximate surface area is 141 Å². The largest absolute Gasteiger partial charge is 0.434 e. The zero-order chi connectivity index (χ0) is 18.2. The number of nitriles is 3. The lowest BCUT2D eigenvalue weighted by Crippen LogP contribution is -2.00. The standard InChI is InChI=1S/C16H8N6O3/c17-8-11(9-18)14(10-19)21-12-3-5-13(6-4-12)25-16-15(22(23)24)2-1-7-20-16/h1-7,21H. The molecule has 0 radical (unpaired) electrons. The third-order valence-electron chi connectivity index (χ3n) is 2.87. The van der Waals surface area contributed by atoms with Crippen molar-refractivity contribution >= 4 is 11.4 Å². The van der Waals surface area contributed by atoms with Gasteiger partial charge in [0.1, 0.15) is 29.7 Å². The molecule has 0 aliphatic rings. The summed E-state index contributed by atoms with van der Waals surface area (Å²) in [5.41, 5.74) is -0.361. The zero-order valence-corrected chi connectivity index (χ0v) is 12.5. The van der Waals surface area contributed by atoms with E-state index < -0.39 is 4.92 Å². The minimum absolute atomic E-state index is 0.151. The van der Waals surface area contributed by atoms with Crippen LogP contribution in [0.3, 0.4) is 0 Å². The van der Waals surface area contributed by atoms with Gasteiger partial charge in [0.25, 0.3) is 5.88 Å². The topological polar surface area (TPSA) is 149 Å². The summed E-state index contributed by atoms with van der Waals surface area (Å²) in [6.45, 7) is 0. The van der Waals surface area contributed by atoms with Gasteiger partial charge in [0, 0.05) is 18.0 Å². The van der Waals surface area contributed by atoms with Crippen LogP contribution in [0.1, 0.15) is 0 Å². The predicted molar refractivity (Wildman–Crippen MR) is 84.9 cm³/mol. The highest BCUT2D eigenvalue weighted by Gasteiger charge is 2.16. The summed E-state index contributed by atoms with van der Waals surface area (Å²) < 4.78 is 5.38. The summed E-state index contributed by atoms with van der Waals surface area (Å²) in [6.07, 6.45) is 1.37. The molecule has 0 amide bonds. The van der Waals surface area contributed by atoms with E-state index in [1.54, 1.807) is 18.2 Å². The molecule has 2 aromatic rings. The van der Waals surface area contributed by atoms with Crippen LogP contribution in [0.15, 0.2) is 53.9 Å². The van der Waals surface area contributed by atoms with Gasteiger partial charge >= 0.3 is 5.69 Å². The molecule has 2 rings (SSSR count). The number of pyridine rings is 1. The Kier molecular flexibility index (Phi) is 5.24. The number of ether oxygens (including phenoxy) is 1. The van der Waals surface area contributed by atoms with E-state index in [1.165, 1.54) is 42.6 Å². The minimum Gasteiger partial charge on any atom is -0.434 e. The maximum absolute atomic E-state index is 10.9. The van der Waals surface area contributed by atoms with E-state index in [2.05, 4.69) is 10.3 Å². The number of anilines is 1. The molecule has 1 aromatic heterocycles. The molecule has 1 aromatic carbocycles. The summed E-state index contributed by atoms with van der Waals surface area (Å²) in [6, 6.07) is 13.7. The van der Waals surface area contributed by atoms with Gasteiger partial charge in [0.15, 0.2) is 5.57 Å². The van der Waals surface area contributed by atoms with E-state index in [0.717, 1.165) is 0 Å². The van der Waals surface area contributed by atoms with Gasteiger partial charge in [0.05, 0.1) is 4.92 Å². The fourth-order valence-electron chi connectivity index (χ4n) is 1.75. The van der Waals surface area contributed by atoms with Crippen LogP contribution < -0.4 is 10.1 Å². The Morgan fingerprint density at radius 2 is 1.80 bits per heavy atom. The third-order valence-corrected chi connectivity index (χ3v) is 2.87. The summed E-state index contributed by atoms with van der Waals surface area (Å²) >= 11 is 0. The lowest BCUT2D eigenvalue weighted by molar-refractivity contribution is -0.386. The number of allylic oxidation sites excluding steroid dienone is 2. The Bertz CT molecular complexity index is 945. The van der Waals surface area contributed by atoms with Gasteiger partial charge in [-0.15, -0.1) is 0 Å². The van der Waals surface area contributed by atoms with Crippen LogP contribution in [0.4, 0.5) is 11.4 Å². The Balaban J connectivity index is 2.21. The van der Waals surface area contributed by atoms with Gasteiger partial charge in [-0.1, -0.05) is 0 Å². The molecule has 0 atom stereocenters.